The van der Waals surface area contributed by atoms with Crippen LogP contribution in [0.1, 0.15) is 10.4 Å². The van der Waals surface area contributed by atoms with Crippen LogP contribution in [0.15, 0.2) is 45.3 Å². The summed E-state index contributed by atoms with van der Waals surface area (Å²) in [7, 11) is 0. The molecule has 0 saturated heterocycles. The Balaban J connectivity index is 2.70. The predicted molar refractivity (Wildman–Crippen MR) is 77.7 cm³/mol. The van der Waals surface area contributed by atoms with Gasteiger partial charge in [-0.3, -0.25) is 4.79 Å². The summed E-state index contributed by atoms with van der Waals surface area (Å²) in [6, 6.07) is 11.0. The summed E-state index contributed by atoms with van der Waals surface area (Å²) >= 11 is 12.8. The minimum absolute atomic E-state index is 0.635. The highest BCUT2D eigenvalue weighted by Crippen LogP contribution is 2.34. The molecule has 0 heterocycles. The SMILES string of the molecule is O=Cc1ccc(Br)cc1-c1cc(Cl)ccc1Br. The van der Waals surface area contributed by atoms with E-state index in [1.165, 1.54) is 0 Å². The molecular weight excluding hydrogens is 367 g/mol. The van der Waals surface area contributed by atoms with Gasteiger partial charge in [-0.05, 0) is 47.5 Å². The molecule has 0 aromatic heterocycles. The van der Waals surface area contributed by atoms with Crippen LogP contribution in [-0.4, -0.2) is 6.29 Å². The number of carbonyl (C=O) groups is 1. The fourth-order valence-electron chi connectivity index (χ4n) is 1.57. The van der Waals surface area contributed by atoms with E-state index in [0.717, 1.165) is 26.4 Å². The summed E-state index contributed by atoms with van der Waals surface area (Å²) < 4.78 is 1.83. The normalized spacial score (nSPS) is 10.3. The monoisotopic (exact) mass is 372 g/mol. The minimum atomic E-state index is 0.635. The summed E-state index contributed by atoms with van der Waals surface area (Å²) in [5.41, 5.74) is 2.39. The molecule has 2 rings (SSSR count). The van der Waals surface area contributed by atoms with Crippen molar-refractivity contribution in [1.82, 2.24) is 0 Å². The lowest BCUT2D eigenvalue weighted by molar-refractivity contribution is 0.112. The standard InChI is InChI=1S/C13H7Br2ClO/c14-9-2-1-8(7-17)11(5-9)12-6-10(16)3-4-13(12)15/h1-7H. The van der Waals surface area contributed by atoms with Gasteiger partial charge in [0.05, 0.1) is 0 Å². The molecule has 0 fully saturated rings. The number of halogens is 3. The number of rotatable bonds is 2. The summed E-state index contributed by atoms with van der Waals surface area (Å²) in [6.45, 7) is 0. The van der Waals surface area contributed by atoms with Crippen molar-refractivity contribution in [2.75, 3.05) is 0 Å². The highest BCUT2D eigenvalue weighted by atomic mass is 79.9. The van der Waals surface area contributed by atoms with Crippen LogP contribution in [0.3, 0.4) is 0 Å². The zero-order valence-corrected chi connectivity index (χ0v) is 12.5. The van der Waals surface area contributed by atoms with E-state index in [4.69, 9.17) is 11.6 Å². The first-order valence-electron chi connectivity index (χ1n) is 4.82. The van der Waals surface area contributed by atoms with Gasteiger partial charge in [-0.15, -0.1) is 0 Å². The number of hydrogen-bond acceptors (Lipinski definition) is 1. The van der Waals surface area contributed by atoms with E-state index < -0.39 is 0 Å². The second-order valence-electron chi connectivity index (χ2n) is 3.47. The molecule has 0 aliphatic rings. The number of hydrogen-bond donors (Lipinski definition) is 0. The van der Waals surface area contributed by atoms with Crippen molar-refractivity contribution in [2.45, 2.75) is 0 Å². The van der Waals surface area contributed by atoms with Crippen molar-refractivity contribution in [3.8, 4) is 11.1 Å². The maximum absolute atomic E-state index is 11.0. The molecule has 0 N–H and O–H groups in total. The molecule has 0 amide bonds. The zero-order valence-electron chi connectivity index (χ0n) is 8.58. The van der Waals surface area contributed by atoms with E-state index in [9.17, 15) is 4.79 Å². The molecule has 0 radical (unpaired) electrons. The van der Waals surface area contributed by atoms with Gasteiger partial charge in [0.1, 0.15) is 0 Å². The number of benzene rings is 2. The summed E-state index contributed by atoms with van der Waals surface area (Å²) in [5.74, 6) is 0. The highest BCUT2D eigenvalue weighted by molar-refractivity contribution is 9.10. The largest absolute Gasteiger partial charge is 0.298 e. The van der Waals surface area contributed by atoms with Crippen LogP contribution in [-0.2, 0) is 0 Å². The van der Waals surface area contributed by atoms with Crippen LogP contribution in [0, 0.1) is 0 Å². The molecule has 0 atom stereocenters. The molecule has 2 aromatic carbocycles. The highest BCUT2D eigenvalue weighted by Gasteiger charge is 2.09. The Labute approximate surface area is 121 Å². The molecule has 0 saturated carbocycles. The van der Waals surface area contributed by atoms with Gasteiger partial charge in [-0.25, -0.2) is 0 Å². The number of aldehydes is 1. The van der Waals surface area contributed by atoms with Gasteiger partial charge in [0.2, 0.25) is 0 Å². The Morgan fingerprint density at radius 3 is 2.47 bits per heavy atom. The molecule has 2 aromatic rings. The van der Waals surface area contributed by atoms with Gasteiger partial charge in [0.25, 0.3) is 0 Å². The van der Waals surface area contributed by atoms with Gasteiger partial charge < -0.3 is 0 Å². The van der Waals surface area contributed by atoms with E-state index in [1.807, 2.05) is 24.3 Å². The first kappa shape index (κ1) is 12.8. The van der Waals surface area contributed by atoms with Crippen molar-refractivity contribution in [2.24, 2.45) is 0 Å². The lowest BCUT2D eigenvalue weighted by Gasteiger charge is -2.08. The Morgan fingerprint density at radius 2 is 1.76 bits per heavy atom. The van der Waals surface area contributed by atoms with Gasteiger partial charge in [-0.1, -0.05) is 43.5 Å². The third kappa shape index (κ3) is 2.79. The van der Waals surface area contributed by atoms with E-state index in [2.05, 4.69) is 31.9 Å². The summed E-state index contributed by atoms with van der Waals surface area (Å²) in [6.07, 6.45) is 0.842. The first-order chi connectivity index (χ1) is 8.11. The van der Waals surface area contributed by atoms with Crippen molar-refractivity contribution in [3.63, 3.8) is 0 Å². The smallest absolute Gasteiger partial charge is 0.150 e. The lowest BCUT2D eigenvalue weighted by Crippen LogP contribution is -1.88. The first-order valence-corrected chi connectivity index (χ1v) is 6.78. The third-order valence-electron chi connectivity index (χ3n) is 2.36. The molecule has 0 bridgehead atoms. The molecule has 0 spiro atoms. The second-order valence-corrected chi connectivity index (χ2v) is 5.68. The Bertz CT molecular complexity index is 582. The van der Waals surface area contributed by atoms with Gasteiger partial charge in [0, 0.05) is 19.5 Å². The van der Waals surface area contributed by atoms with Crippen LogP contribution in [0.2, 0.25) is 5.02 Å². The topological polar surface area (TPSA) is 17.1 Å². The third-order valence-corrected chi connectivity index (χ3v) is 3.78. The fourth-order valence-corrected chi connectivity index (χ4v) is 2.56. The predicted octanol–water partition coefficient (Wildman–Crippen LogP) is 5.34. The summed E-state index contributed by atoms with van der Waals surface area (Å²) in [5, 5.41) is 0.639. The van der Waals surface area contributed by atoms with Crippen molar-refractivity contribution < 1.29 is 4.79 Å². The van der Waals surface area contributed by atoms with Crippen molar-refractivity contribution in [3.05, 3.63) is 55.9 Å². The van der Waals surface area contributed by atoms with Crippen LogP contribution in [0.5, 0.6) is 0 Å². The Kier molecular flexibility index (Phi) is 4.02. The molecule has 0 aliphatic heterocycles. The molecule has 1 nitrogen and oxygen atoms in total. The zero-order chi connectivity index (χ0) is 12.4. The fraction of sp³-hybridized carbons (Fsp3) is 0. The van der Waals surface area contributed by atoms with E-state index in [0.29, 0.717) is 10.6 Å². The van der Waals surface area contributed by atoms with Crippen LogP contribution < -0.4 is 0 Å². The van der Waals surface area contributed by atoms with Crippen LogP contribution in [0.4, 0.5) is 0 Å². The van der Waals surface area contributed by atoms with Crippen LogP contribution >= 0.6 is 43.5 Å². The Hall–Kier alpha value is -0.640. The van der Waals surface area contributed by atoms with E-state index in [1.54, 1.807) is 12.1 Å². The van der Waals surface area contributed by atoms with Gasteiger partial charge >= 0.3 is 0 Å². The molecule has 17 heavy (non-hydrogen) atoms. The van der Waals surface area contributed by atoms with Gasteiger partial charge in [-0.2, -0.15) is 0 Å². The van der Waals surface area contributed by atoms with E-state index >= 15 is 0 Å². The van der Waals surface area contributed by atoms with Crippen molar-refractivity contribution >= 4 is 49.7 Å². The molecule has 0 aliphatic carbocycles. The van der Waals surface area contributed by atoms with Crippen molar-refractivity contribution in [1.29, 1.82) is 0 Å². The summed E-state index contributed by atoms with van der Waals surface area (Å²) in [4.78, 5) is 11.0. The molecular formula is C13H7Br2ClO. The van der Waals surface area contributed by atoms with E-state index in [-0.39, 0.29) is 0 Å². The Morgan fingerprint density at radius 1 is 1.00 bits per heavy atom. The molecule has 86 valence electrons. The molecule has 4 heteroatoms. The number of carbonyl (C=O) groups excluding carboxylic acids is 1. The average molecular weight is 374 g/mol. The second kappa shape index (κ2) is 5.34. The minimum Gasteiger partial charge on any atom is -0.298 e. The van der Waals surface area contributed by atoms with Gasteiger partial charge in [0.15, 0.2) is 6.29 Å². The average Bonchev–Trinajstić information content (AvgIpc) is 2.32. The maximum Gasteiger partial charge on any atom is 0.150 e. The quantitative estimate of drug-likeness (QED) is 0.648. The van der Waals surface area contributed by atoms with Crippen LogP contribution in [0.25, 0.3) is 11.1 Å². The molecule has 0 unspecified atom stereocenters. The maximum atomic E-state index is 11.0. The lowest BCUT2D eigenvalue weighted by atomic mass is 10.0.